The van der Waals surface area contributed by atoms with E-state index in [1.807, 2.05) is 37.3 Å². The Balaban J connectivity index is 2.11. The minimum atomic E-state index is -0.309. The van der Waals surface area contributed by atoms with Crippen LogP contribution in [0, 0.1) is 17.8 Å². The topological polar surface area (TPSA) is 55.8 Å². The number of hydrogen-bond acceptors (Lipinski definition) is 4. The van der Waals surface area contributed by atoms with E-state index in [9.17, 15) is 9.90 Å². The second kappa shape index (κ2) is 8.46. The lowest BCUT2D eigenvalue weighted by Crippen LogP contribution is -2.44. The molecule has 23 heavy (non-hydrogen) atoms. The minimum absolute atomic E-state index is 0.00206. The maximum atomic E-state index is 11.9. The summed E-state index contributed by atoms with van der Waals surface area (Å²) in [5.74, 6) is 0.0488. The Kier molecular flexibility index (Phi) is 6.60. The lowest BCUT2D eigenvalue weighted by Gasteiger charge is -2.38. The molecule has 1 N–H and O–H groups in total. The normalized spacial score (nSPS) is 30.2. The van der Waals surface area contributed by atoms with Crippen LogP contribution in [-0.4, -0.2) is 29.9 Å². The summed E-state index contributed by atoms with van der Waals surface area (Å²) in [6, 6.07) is 10.1. The molecule has 1 aromatic carbocycles. The first-order valence-electron chi connectivity index (χ1n) is 8.48. The van der Waals surface area contributed by atoms with Crippen molar-refractivity contribution >= 4 is 5.97 Å². The molecule has 1 aliphatic rings. The zero-order chi connectivity index (χ0) is 16.8. The summed E-state index contributed by atoms with van der Waals surface area (Å²) in [5, 5.41) is 9.48. The van der Waals surface area contributed by atoms with Crippen LogP contribution in [0.25, 0.3) is 0 Å². The predicted octanol–water partition coefficient (Wildman–Crippen LogP) is 3.18. The summed E-state index contributed by atoms with van der Waals surface area (Å²) in [4.78, 5) is 11.9. The van der Waals surface area contributed by atoms with Gasteiger partial charge in [-0.1, -0.05) is 51.1 Å². The molecular weight excluding hydrogens is 292 g/mol. The van der Waals surface area contributed by atoms with Gasteiger partial charge in [0.15, 0.2) is 0 Å². The van der Waals surface area contributed by atoms with Crippen molar-refractivity contribution in [3.63, 3.8) is 0 Å². The Morgan fingerprint density at radius 1 is 1.30 bits per heavy atom. The molecule has 0 radical (unpaired) electrons. The van der Waals surface area contributed by atoms with Crippen molar-refractivity contribution in [2.24, 2.45) is 17.8 Å². The standard InChI is InChI=1S/C19H28O4/c1-13-9-10-17(21)23-19(14(2)11-20)15(3)18(13)22-12-16-7-5-4-6-8-16/h4-8,13-15,18-20H,9-12H2,1-3H3/t13-,14-,15-,18-,19+/m0/s1. The number of carbonyl (C=O) groups is 1. The number of cyclic esters (lactones) is 1. The van der Waals surface area contributed by atoms with Gasteiger partial charge in [-0.25, -0.2) is 0 Å². The van der Waals surface area contributed by atoms with Crippen LogP contribution in [0.4, 0.5) is 0 Å². The molecule has 0 unspecified atom stereocenters. The third-order valence-electron chi connectivity index (χ3n) is 4.80. The van der Waals surface area contributed by atoms with Crippen molar-refractivity contribution in [2.45, 2.75) is 52.4 Å². The van der Waals surface area contributed by atoms with Gasteiger partial charge in [0.1, 0.15) is 6.10 Å². The minimum Gasteiger partial charge on any atom is -0.462 e. The second-order valence-corrected chi connectivity index (χ2v) is 6.75. The van der Waals surface area contributed by atoms with Gasteiger partial charge in [-0.15, -0.1) is 0 Å². The first-order chi connectivity index (χ1) is 11.0. The zero-order valence-corrected chi connectivity index (χ0v) is 14.3. The van der Waals surface area contributed by atoms with E-state index in [1.165, 1.54) is 0 Å². The number of rotatable bonds is 5. The molecule has 1 saturated heterocycles. The molecule has 1 fully saturated rings. The Morgan fingerprint density at radius 2 is 2.00 bits per heavy atom. The first-order valence-corrected chi connectivity index (χ1v) is 8.48. The van der Waals surface area contributed by atoms with Gasteiger partial charge in [0, 0.05) is 24.9 Å². The van der Waals surface area contributed by atoms with Crippen LogP contribution in [0.15, 0.2) is 30.3 Å². The second-order valence-electron chi connectivity index (χ2n) is 6.75. The molecule has 0 aromatic heterocycles. The molecule has 4 nitrogen and oxygen atoms in total. The van der Waals surface area contributed by atoms with Crippen molar-refractivity contribution in [3.05, 3.63) is 35.9 Å². The fourth-order valence-electron chi connectivity index (χ4n) is 3.35. The molecule has 1 aliphatic heterocycles. The van der Waals surface area contributed by atoms with E-state index in [1.54, 1.807) is 0 Å². The lowest BCUT2D eigenvalue weighted by atomic mass is 9.81. The lowest BCUT2D eigenvalue weighted by molar-refractivity contribution is -0.168. The largest absolute Gasteiger partial charge is 0.462 e. The van der Waals surface area contributed by atoms with E-state index in [0.29, 0.717) is 13.0 Å². The maximum absolute atomic E-state index is 11.9. The smallest absolute Gasteiger partial charge is 0.306 e. The van der Waals surface area contributed by atoms with Crippen LogP contribution in [-0.2, 0) is 20.9 Å². The van der Waals surface area contributed by atoms with Gasteiger partial charge in [-0.05, 0) is 17.9 Å². The molecule has 0 amide bonds. The van der Waals surface area contributed by atoms with Gasteiger partial charge >= 0.3 is 5.97 Å². The van der Waals surface area contributed by atoms with Gasteiger partial charge < -0.3 is 14.6 Å². The van der Waals surface area contributed by atoms with E-state index in [4.69, 9.17) is 9.47 Å². The first kappa shape index (κ1) is 18.0. The molecule has 0 saturated carbocycles. The van der Waals surface area contributed by atoms with E-state index < -0.39 is 0 Å². The fraction of sp³-hybridized carbons (Fsp3) is 0.632. The van der Waals surface area contributed by atoms with Gasteiger partial charge in [0.05, 0.1) is 12.7 Å². The zero-order valence-electron chi connectivity index (χ0n) is 14.3. The molecule has 1 heterocycles. The number of hydrogen-bond donors (Lipinski definition) is 1. The van der Waals surface area contributed by atoms with Crippen LogP contribution >= 0.6 is 0 Å². The predicted molar refractivity (Wildman–Crippen MR) is 88.7 cm³/mol. The number of ether oxygens (including phenoxy) is 2. The van der Waals surface area contributed by atoms with Crippen molar-refractivity contribution in [2.75, 3.05) is 6.61 Å². The van der Waals surface area contributed by atoms with Crippen LogP contribution in [0.2, 0.25) is 0 Å². The SMILES string of the molecule is C[C@H]1[C@@H](OCc2ccccc2)[C@@H](C)CCC(=O)O[C@@H]1[C@@H](C)CO. The van der Waals surface area contributed by atoms with Gasteiger partial charge in [-0.3, -0.25) is 4.79 Å². The van der Waals surface area contributed by atoms with E-state index in [-0.39, 0.29) is 42.5 Å². The molecule has 5 atom stereocenters. The maximum Gasteiger partial charge on any atom is 0.306 e. The number of aliphatic hydroxyl groups is 1. The van der Waals surface area contributed by atoms with Gasteiger partial charge in [-0.2, -0.15) is 0 Å². The summed E-state index contributed by atoms with van der Waals surface area (Å²) in [5.41, 5.74) is 1.14. The van der Waals surface area contributed by atoms with Crippen LogP contribution < -0.4 is 0 Å². The number of benzene rings is 1. The van der Waals surface area contributed by atoms with Gasteiger partial charge in [0.2, 0.25) is 0 Å². The monoisotopic (exact) mass is 320 g/mol. The molecular formula is C19H28O4. The van der Waals surface area contributed by atoms with Crippen LogP contribution in [0.1, 0.15) is 39.2 Å². The fourth-order valence-corrected chi connectivity index (χ4v) is 3.35. The number of aliphatic hydroxyl groups excluding tert-OH is 1. The average molecular weight is 320 g/mol. The molecule has 0 bridgehead atoms. The highest BCUT2D eigenvalue weighted by atomic mass is 16.5. The van der Waals surface area contributed by atoms with Crippen molar-refractivity contribution in [1.29, 1.82) is 0 Å². The van der Waals surface area contributed by atoms with Crippen LogP contribution in [0.3, 0.4) is 0 Å². The Bertz CT molecular complexity index is 487. The van der Waals surface area contributed by atoms with Crippen LogP contribution in [0.5, 0.6) is 0 Å². The quantitative estimate of drug-likeness (QED) is 0.847. The highest BCUT2D eigenvalue weighted by Gasteiger charge is 2.37. The Hall–Kier alpha value is -1.39. The third-order valence-corrected chi connectivity index (χ3v) is 4.80. The highest BCUT2D eigenvalue weighted by molar-refractivity contribution is 5.69. The summed E-state index contributed by atoms with van der Waals surface area (Å²) in [6.07, 6.45) is 0.870. The highest BCUT2D eigenvalue weighted by Crippen LogP contribution is 2.32. The average Bonchev–Trinajstić information content (AvgIpc) is 2.57. The molecule has 128 valence electrons. The molecule has 0 aliphatic carbocycles. The van der Waals surface area contributed by atoms with Gasteiger partial charge in [0.25, 0.3) is 0 Å². The van der Waals surface area contributed by atoms with E-state index in [0.717, 1.165) is 12.0 Å². The third kappa shape index (κ3) is 4.79. The van der Waals surface area contributed by atoms with E-state index in [2.05, 4.69) is 13.8 Å². The molecule has 2 rings (SSSR count). The summed E-state index contributed by atoms with van der Waals surface area (Å²) >= 11 is 0. The summed E-state index contributed by atoms with van der Waals surface area (Å²) < 4.78 is 11.8. The number of carbonyl (C=O) groups excluding carboxylic acids is 1. The Morgan fingerprint density at radius 3 is 2.65 bits per heavy atom. The number of esters is 1. The van der Waals surface area contributed by atoms with Crippen molar-refractivity contribution in [3.8, 4) is 0 Å². The molecule has 4 heteroatoms. The summed E-state index contributed by atoms with van der Waals surface area (Å²) in [6.45, 7) is 6.65. The molecule has 0 spiro atoms. The summed E-state index contributed by atoms with van der Waals surface area (Å²) in [7, 11) is 0. The molecule has 1 aromatic rings. The Labute approximate surface area is 138 Å². The van der Waals surface area contributed by atoms with E-state index >= 15 is 0 Å². The van der Waals surface area contributed by atoms with Crippen molar-refractivity contribution < 1.29 is 19.4 Å². The van der Waals surface area contributed by atoms with Crippen molar-refractivity contribution in [1.82, 2.24) is 0 Å².